The van der Waals surface area contributed by atoms with Gasteiger partial charge in [0.2, 0.25) is 0 Å². The third kappa shape index (κ3) is 5.43. The van der Waals surface area contributed by atoms with Crippen LogP contribution in [0, 0.1) is 0 Å². The summed E-state index contributed by atoms with van der Waals surface area (Å²) in [4.78, 5) is 27.4. The van der Waals surface area contributed by atoms with Crippen molar-refractivity contribution in [3.05, 3.63) is 70.1 Å². The molecule has 2 aromatic rings. The van der Waals surface area contributed by atoms with E-state index >= 15 is 0 Å². The largest absolute Gasteiger partial charge is 0.338 e. The summed E-state index contributed by atoms with van der Waals surface area (Å²) in [5.74, 6) is 0.331. The van der Waals surface area contributed by atoms with Gasteiger partial charge in [0.05, 0.1) is 0 Å². The second-order valence-electron chi connectivity index (χ2n) is 7.00. The maximum atomic E-state index is 13.2. The van der Waals surface area contributed by atoms with Crippen molar-refractivity contribution in [3.63, 3.8) is 0 Å². The molecule has 0 fully saturated rings. The zero-order valence-corrected chi connectivity index (χ0v) is 16.8. The molecule has 144 valence electrons. The van der Waals surface area contributed by atoms with Gasteiger partial charge in [-0.2, -0.15) is 0 Å². The Balaban J connectivity index is 2.48. The first-order valence-electron chi connectivity index (χ1n) is 9.76. The maximum Gasteiger partial charge on any atom is 0.270 e. The number of likely N-dealkylation sites (N-methyl/N-ethyl adjacent to an activating group) is 1. The van der Waals surface area contributed by atoms with Gasteiger partial charge in [0.15, 0.2) is 0 Å². The van der Waals surface area contributed by atoms with Gasteiger partial charge in [-0.1, -0.05) is 57.5 Å². The quantitative estimate of drug-likeness (QED) is 0.640. The molecular formula is C23H30N2O2. The third-order valence-corrected chi connectivity index (χ3v) is 4.66. The zero-order chi connectivity index (χ0) is 19.8. The average Bonchev–Trinajstić information content (AvgIpc) is 2.67. The van der Waals surface area contributed by atoms with Gasteiger partial charge in [0.1, 0.15) is 5.70 Å². The van der Waals surface area contributed by atoms with E-state index < -0.39 is 0 Å². The number of carbonyl (C=O) groups excluding carboxylic acids is 1. The summed E-state index contributed by atoms with van der Waals surface area (Å²) in [7, 11) is 0. The molecule has 0 aliphatic heterocycles. The minimum atomic E-state index is -0.206. The highest BCUT2D eigenvalue weighted by atomic mass is 16.2. The molecule has 1 amide bonds. The van der Waals surface area contributed by atoms with E-state index in [2.05, 4.69) is 32.9 Å². The van der Waals surface area contributed by atoms with Crippen LogP contribution in [0.15, 0.2) is 53.5 Å². The van der Waals surface area contributed by atoms with E-state index in [1.807, 2.05) is 25.1 Å². The molecule has 0 aliphatic rings. The predicted molar refractivity (Wildman–Crippen MR) is 113 cm³/mol. The Hall–Kier alpha value is -2.62. The van der Waals surface area contributed by atoms with Crippen molar-refractivity contribution in [2.75, 3.05) is 13.1 Å². The summed E-state index contributed by atoms with van der Waals surface area (Å²) in [6, 6.07) is 13.1. The first kappa shape index (κ1) is 20.7. The Morgan fingerprint density at radius 1 is 1.11 bits per heavy atom. The molecule has 0 bridgehead atoms. The molecule has 0 N–H and O–H groups in total. The molecule has 0 radical (unpaired) electrons. The van der Waals surface area contributed by atoms with Crippen molar-refractivity contribution in [2.45, 2.75) is 46.5 Å². The Labute approximate surface area is 162 Å². The van der Waals surface area contributed by atoms with E-state index in [4.69, 9.17) is 0 Å². The standard InChI is InChI=1S/C23H30N2O2/c1-5-7-15-24(6-2)23(27)21(25-16-9-8-10-22(25)26)17-19-11-13-20(14-12-19)18(3)4/h8-14,16-18H,5-7,15H2,1-4H3/b21-17-. The van der Waals surface area contributed by atoms with Crippen LogP contribution in [0.5, 0.6) is 0 Å². The molecule has 0 unspecified atom stereocenters. The van der Waals surface area contributed by atoms with Gasteiger partial charge in [-0.15, -0.1) is 0 Å². The SMILES string of the molecule is CCCCN(CC)C(=O)/C(=C/c1ccc(C(C)C)cc1)n1ccccc1=O. The fraction of sp³-hybridized carbons (Fsp3) is 0.391. The first-order chi connectivity index (χ1) is 13.0. The van der Waals surface area contributed by atoms with Crippen LogP contribution in [-0.2, 0) is 4.79 Å². The Morgan fingerprint density at radius 3 is 2.37 bits per heavy atom. The smallest absolute Gasteiger partial charge is 0.270 e. The van der Waals surface area contributed by atoms with Crippen LogP contribution in [-0.4, -0.2) is 28.5 Å². The highest BCUT2D eigenvalue weighted by Crippen LogP contribution is 2.18. The third-order valence-electron chi connectivity index (χ3n) is 4.66. The topological polar surface area (TPSA) is 42.3 Å². The van der Waals surface area contributed by atoms with E-state index in [1.54, 1.807) is 23.2 Å². The summed E-state index contributed by atoms with van der Waals surface area (Å²) in [6.07, 6.45) is 5.43. The van der Waals surface area contributed by atoms with Crippen LogP contribution in [0.1, 0.15) is 57.6 Å². The number of unbranched alkanes of at least 4 members (excludes halogenated alkanes) is 1. The van der Waals surface area contributed by atoms with Gasteiger partial charge >= 0.3 is 0 Å². The van der Waals surface area contributed by atoms with Gasteiger partial charge in [0, 0.05) is 25.4 Å². The fourth-order valence-corrected chi connectivity index (χ4v) is 2.91. The number of pyridine rings is 1. The normalized spacial score (nSPS) is 11.7. The molecule has 1 heterocycles. The van der Waals surface area contributed by atoms with Crippen LogP contribution in [0.25, 0.3) is 11.8 Å². The van der Waals surface area contributed by atoms with Crippen LogP contribution in [0.4, 0.5) is 0 Å². The number of benzene rings is 1. The van der Waals surface area contributed by atoms with Gasteiger partial charge in [0.25, 0.3) is 11.5 Å². The first-order valence-corrected chi connectivity index (χ1v) is 9.76. The van der Waals surface area contributed by atoms with Gasteiger partial charge in [-0.25, -0.2) is 0 Å². The van der Waals surface area contributed by atoms with E-state index in [9.17, 15) is 9.59 Å². The number of nitrogens with zero attached hydrogens (tertiary/aromatic N) is 2. The van der Waals surface area contributed by atoms with E-state index in [1.165, 1.54) is 16.2 Å². The van der Waals surface area contributed by atoms with Crippen molar-refractivity contribution in [1.29, 1.82) is 0 Å². The van der Waals surface area contributed by atoms with Gasteiger partial charge in [-0.3, -0.25) is 14.2 Å². The number of amides is 1. The molecular weight excluding hydrogens is 336 g/mol. The molecule has 0 atom stereocenters. The van der Waals surface area contributed by atoms with Gasteiger partial charge in [-0.05, 0) is 42.5 Å². The Morgan fingerprint density at radius 2 is 1.81 bits per heavy atom. The lowest BCUT2D eigenvalue weighted by Crippen LogP contribution is -2.35. The number of hydrogen-bond donors (Lipinski definition) is 0. The van der Waals surface area contributed by atoms with E-state index in [-0.39, 0.29) is 11.5 Å². The highest BCUT2D eigenvalue weighted by molar-refractivity contribution is 6.18. The molecule has 4 nitrogen and oxygen atoms in total. The summed E-state index contributed by atoms with van der Waals surface area (Å²) < 4.78 is 1.44. The van der Waals surface area contributed by atoms with Crippen molar-refractivity contribution >= 4 is 17.7 Å². The second kappa shape index (κ2) is 9.91. The lowest BCUT2D eigenvalue weighted by atomic mass is 10.0. The molecule has 0 saturated heterocycles. The predicted octanol–water partition coefficient (Wildman–Crippen LogP) is 4.62. The lowest BCUT2D eigenvalue weighted by Gasteiger charge is -2.23. The molecule has 0 aliphatic carbocycles. The summed E-state index contributed by atoms with van der Waals surface area (Å²) in [5, 5.41) is 0. The van der Waals surface area contributed by atoms with Crippen LogP contribution >= 0.6 is 0 Å². The van der Waals surface area contributed by atoms with Gasteiger partial charge < -0.3 is 4.90 Å². The van der Waals surface area contributed by atoms with Crippen molar-refractivity contribution in [2.24, 2.45) is 0 Å². The monoisotopic (exact) mass is 366 g/mol. The van der Waals surface area contributed by atoms with Crippen molar-refractivity contribution < 1.29 is 4.79 Å². The van der Waals surface area contributed by atoms with Crippen molar-refractivity contribution in [3.8, 4) is 0 Å². The minimum Gasteiger partial charge on any atom is -0.338 e. The fourth-order valence-electron chi connectivity index (χ4n) is 2.91. The highest BCUT2D eigenvalue weighted by Gasteiger charge is 2.19. The minimum absolute atomic E-state index is 0.118. The van der Waals surface area contributed by atoms with E-state index in [0.29, 0.717) is 24.7 Å². The number of aromatic nitrogens is 1. The molecule has 1 aromatic heterocycles. The molecule has 27 heavy (non-hydrogen) atoms. The van der Waals surface area contributed by atoms with Crippen LogP contribution in [0.3, 0.4) is 0 Å². The molecule has 1 aromatic carbocycles. The number of rotatable bonds is 8. The molecule has 4 heteroatoms. The Bertz CT molecular complexity index is 832. The summed E-state index contributed by atoms with van der Waals surface area (Å²) in [6.45, 7) is 9.68. The zero-order valence-electron chi connectivity index (χ0n) is 16.8. The second-order valence-corrected chi connectivity index (χ2v) is 7.00. The van der Waals surface area contributed by atoms with E-state index in [0.717, 1.165) is 18.4 Å². The van der Waals surface area contributed by atoms with Crippen molar-refractivity contribution in [1.82, 2.24) is 9.47 Å². The number of hydrogen-bond acceptors (Lipinski definition) is 2. The lowest BCUT2D eigenvalue weighted by molar-refractivity contribution is -0.125. The summed E-state index contributed by atoms with van der Waals surface area (Å²) >= 11 is 0. The van der Waals surface area contributed by atoms with Crippen LogP contribution in [0.2, 0.25) is 0 Å². The van der Waals surface area contributed by atoms with Crippen LogP contribution < -0.4 is 5.56 Å². The number of carbonyl (C=O) groups is 1. The molecule has 0 spiro atoms. The summed E-state index contributed by atoms with van der Waals surface area (Å²) in [5.41, 5.74) is 2.33. The average molecular weight is 367 g/mol. The molecule has 0 saturated carbocycles. The Kier molecular flexibility index (Phi) is 7.59. The maximum absolute atomic E-state index is 13.2. The molecule has 2 rings (SSSR count).